The second kappa shape index (κ2) is 11.6. The van der Waals surface area contributed by atoms with Crippen molar-refractivity contribution in [2.24, 2.45) is 0 Å². The van der Waals surface area contributed by atoms with E-state index in [1.807, 2.05) is 61.5 Å². The predicted molar refractivity (Wildman–Crippen MR) is 130 cm³/mol. The highest BCUT2D eigenvalue weighted by molar-refractivity contribution is 6.04. The summed E-state index contributed by atoms with van der Waals surface area (Å²) in [5.74, 6) is 0.338. The number of nitrogens with one attached hydrogen (secondary N) is 3. The standard InChI is InChI=1S/C26H29N3O3/c1-3-4-16-32-24-11-6-5-10-23(24)29-25(30)18-27-21-12-14-22(15-13-21)28-26(31)20-9-7-8-19(2)17-20/h5-15,17,27H,3-4,16,18H2,1-2H3,(H,28,31)(H,29,30). The molecule has 0 saturated heterocycles. The van der Waals surface area contributed by atoms with Gasteiger partial charge >= 0.3 is 0 Å². The lowest BCUT2D eigenvalue weighted by molar-refractivity contribution is -0.114. The number of anilines is 3. The topological polar surface area (TPSA) is 79.5 Å². The molecule has 3 rings (SSSR count). The van der Waals surface area contributed by atoms with Crippen molar-refractivity contribution in [2.45, 2.75) is 26.7 Å². The third-order valence-electron chi connectivity index (χ3n) is 4.79. The number of amides is 2. The Labute approximate surface area is 189 Å². The molecule has 0 aliphatic heterocycles. The number of hydrogen-bond acceptors (Lipinski definition) is 4. The molecule has 0 heterocycles. The van der Waals surface area contributed by atoms with Crippen LogP contribution in [0.5, 0.6) is 5.75 Å². The molecular formula is C26H29N3O3. The third kappa shape index (κ3) is 6.87. The average molecular weight is 432 g/mol. The van der Waals surface area contributed by atoms with E-state index in [0.717, 1.165) is 24.1 Å². The highest BCUT2D eigenvalue weighted by atomic mass is 16.5. The number of unbranched alkanes of at least 4 members (excludes halogenated alkanes) is 1. The molecule has 0 aliphatic carbocycles. The van der Waals surface area contributed by atoms with E-state index < -0.39 is 0 Å². The lowest BCUT2D eigenvalue weighted by atomic mass is 10.1. The van der Waals surface area contributed by atoms with Crippen LogP contribution in [0.4, 0.5) is 17.1 Å². The minimum atomic E-state index is -0.173. The molecule has 0 aliphatic rings. The van der Waals surface area contributed by atoms with E-state index in [1.165, 1.54) is 0 Å². The number of hydrogen-bond donors (Lipinski definition) is 3. The van der Waals surface area contributed by atoms with Crippen molar-refractivity contribution in [1.29, 1.82) is 0 Å². The molecule has 3 aromatic carbocycles. The van der Waals surface area contributed by atoms with Gasteiger partial charge in [-0.15, -0.1) is 0 Å². The fourth-order valence-electron chi connectivity index (χ4n) is 3.06. The van der Waals surface area contributed by atoms with Crippen molar-refractivity contribution in [3.8, 4) is 5.75 Å². The van der Waals surface area contributed by atoms with Crippen LogP contribution in [-0.2, 0) is 4.79 Å². The monoisotopic (exact) mass is 431 g/mol. The molecule has 0 bridgehead atoms. The summed E-state index contributed by atoms with van der Waals surface area (Å²) in [6.45, 7) is 4.78. The molecule has 0 saturated carbocycles. The lowest BCUT2D eigenvalue weighted by Gasteiger charge is -2.13. The van der Waals surface area contributed by atoms with E-state index in [2.05, 4.69) is 22.9 Å². The minimum absolute atomic E-state index is 0.109. The van der Waals surface area contributed by atoms with Gasteiger partial charge in [0.1, 0.15) is 5.75 Å². The van der Waals surface area contributed by atoms with Crippen molar-refractivity contribution in [3.05, 3.63) is 83.9 Å². The Morgan fingerprint density at radius 2 is 1.62 bits per heavy atom. The number of rotatable bonds is 10. The first-order chi connectivity index (χ1) is 15.5. The summed E-state index contributed by atoms with van der Waals surface area (Å²) in [7, 11) is 0. The van der Waals surface area contributed by atoms with E-state index in [0.29, 0.717) is 29.3 Å². The maximum absolute atomic E-state index is 12.4. The van der Waals surface area contributed by atoms with Crippen LogP contribution >= 0.6 is 0 Å². The Balaban J connectivity index is 1.50. The van der Waals surface area contributed by atoms with Crippen molar-refractivity contribution in [3.63, 3.8) is 0 Å². The zero-order valence-corrected chi connectivity index (χ0v) is 18.5. The summed E-state index contributed by atoms with van der Waals surface area (Å²) in [4.78, 5) is 24.7. The van der Waals surface area contributed by atoms with Gasteiger partial charge in [-0.05, 0) is 61.9 Å². The molecule has 0 atom stereocenters. The van der Waals surface area contributed by atoms with Gasteiger partial charge in [0.15, 0.2) is 0 Å². The molecule has 0 unspecified atom stereocenters. The first-order valence-electron chi connectivity index (χ1n) is 10.8. The van der Waals surface area contributed by atoms with Crippen LogP contribution in [-0.4, -0.2) is 25.0 Å². The predicted octanol–water partition coefficient (Wildman–Crippen LogP) is 5.48. The molecule has 166 valence electrons. The van der Waals surface area contributed by atoms with Crippen LogP contribution in [0.15, 0.2) is 72.8 Å². The Kier molecular flexibility index (Phi) is 8.26. The number of ether oxygens (including phenoxy) is 1. The quantitative estimate of drug-likeness (QED) is 0.372. The second-order valence-electron chi connectivity index (χ2n) is 7.50. The first-order valence-corrected chi connectivity index (χ1v) is 10.8. The van der Waals surface area contributed by atoms with Crippen LogP contribution in [0.1, 0.15) is 35.7 Å². The molecule has 6 heteroatoms. The van der Waals surface area contributed by atoms with Gasteiger partial charge in [0, 0.05) is 16.9 Å². The summed E-state index contributed by atoms with van der Waals surface area (Å²) in [5, 5.41) is 8.85. The molecule has 0 aromatic heterocycles. The zero-order chi connectivity index (χ0) is 22.8. The molecule has 3 aromatic rings. The van der Waals surface area contributed by atoms with Gasteiger partial charge in [0.25, 0.3) is 5.91 Å². The molecule has 0 spiro atoms. The molecule has 2 amide bonds. The van der Waals surface area contributed by atoms with Crippen LogP contribution < -0.4 is 20.7 Å². The maximum atomic E-state index is 12.4. The van der Waals surface area contributed by atoms with Gasteiger partial charge in [-0.3, -0.25) is 9.59 Å². The molecule has 0 radical (unpaired) electrons. The number of carbonyl (C=O) groups is 2. The van der Waals surface area contributed by atoms with E-state index in [4.69, 9.17) is 4.74 Å². The number of aryl methyl sites for hydroxylation is 1. The minimum Gasteiger partial charge on any atom is -0.491 e. The Morgan fingerprint density at radius 1 is 0.875 bits per heavy atom. The summed E-state index contributed by atoms with van der Waals surface area (Å²) < 4.78 is 5.75. The summed E-state index contributed by atoms with van der Waals surface area (Å²) >= 11 is 0. The van der Waals surface area contributed by atoms with E-state index >= 15 is 0 Å². The van der Waals surface area contributed by atoms with Crippen molar-refractivity contribution >= 4 is 28.9 Å². The summed E-state index contributed by atoms with van der Waals surface area (Å²) in [5.41, 5.74) is 3.77. The Morgan fingerprint density at radius 3 is 2.38 bits per heavy atom. The van der Waals surface area contributed by atoms with Gasteiger partial charge < -0.3 is 20.7 Å². The smallest absolute Gasteiger partial charge is 0.255 e. The molecule has 3 N–H and O–H groups in total. The van der Waals surface area contributed by atoms with Crippen LogP contribution in [0, 0.1) is 6.92 Å². The molecule has 0 fully saturated rings. The Bertz CT molecular complexity index is 1050. The van der Waals surface area contributed by atoms with Crippen LogP contribution in [0.25, 0.3) is 0 Å². The van der Waals surface area contributed by atoms with Gasteiger partial charge in [-0.25, -0.2) is 0 Å². The highest BCUT2D eigenvalue weighted by Gasteiger charge is 2.09. The number of para-hydroxylation sites is 2. The summed E-state index contributed by atoms with van der Waals surface area (Å²) in [6, 6.07) is 22.1. The zero-order valence-electron chi connectivity index (χ0n) is 18.5. The van der Waals surface area contributed by atoms with Gasteiger partial charge in [0.2, 0.25) is 5.91 Å². The first kappa shape index (κ1) is 22.9. The molecular weight excluding hydrogens is 402 g/mol. The average Bonchev–Trinajstić information content (AvgIpc) is 2.80. The van der Waals surface area contributed by atoms with Gasteiger partial charge in [-0.2, -0.15) is 0 Å². The largest absolute Gasteiger partial charge is 0.491 e. The fourth-order valence-corrected chi connectivity index (χ4v) is 3.06. The highest BCUT2D eigenvalue weighted by Crippen LogP contribution is 2.24. The lowest BCUT2D eigenvalue weighted by Crippen LogP contribution is -2.22. The number of benzene rings is 3. The van der Waals surface area contributed by atoms with E-state index in [9.17, 15) is 9.59 Å². The molecule has 32 heavy (non-hydrogen) atoms. The van der Waals surface area contributed by atoms with Crippen LogP contribution in [0.2, 0.25) is 0 Å². The normalized spacial score (nSPS) is 10.3. The SMILES string of the molecule is CCCCOc1ccccc1NC(=O)CNc1ccc(NC(=O)c2cccc(C)c2)cc1. The Hall–Kier alpha value is -3.80. The van der Waals surface area contributed by atoms with Gasteiger partial charge in [-0.1, -0.05) is 43.2 Å². The van der Waals surface area contributed by atoms with E-state index in [-0.39, 0.29) is 18.4 Å². The maximum Gasteiger partial charge on any atom is 0.255 e. The van der Waals surface area contributed by atoms with Crippen molar-refractivity contribution in [2.75, 3.05) is 29.1 Å². The van der Waals surface area contributed by atoms with Crippen LogP contribution in [0.3, 0.4) is 0 Å². The van der Waals surface area contributed by atoms with Crippen molar-refractivity contribution in [1.82, 2.24) is 0 Å². The number of carbonyl (C=O) groups excluding carboxylic acids is 2. The van der Waals surface area contributed by atoms with E-state index in [1.54, 1.807) is 18.2 Å². The molecule has 6 nitrogen and oxygen atoms in total. The third-order valence-corrected chi connectivity index (χ3v) is 4.79. The van der Waals surface area contributed by atoms with Crippen molar-refractivity contribution < 1.29 is 14.3 Å². The van der Waals surface area contributed by atoms with Gasteiger partial charge in [0.05, 0.1) is 18.8 Å². The summed E-state index contributed by atoms with van der Waals surface area (Å²) in [6.07, 6.45) is 2.01. The fraction of sp³-hybridized carbons (Fsp3) is 0.231. The second-order valence-corrected chi connectivity index (χ2v) is 7.50.